The number of carbonyl (C=O) groups is 1. The minimum absolute atomic E-state index is 0.109. The van der Waals surface area contributed by atoms with E-state index in [4.69, 9.17) is 5.73 Å². The predicted molar refractivity (Wildman–Crippen MR) is 42.7 cm³/mol. The predicted octanol–water partition coefficient (Wildman–Crippen LogP) is 1.30. The molecule has 0 unspecified atom stereocenters. The zero-order chi connectivity index (χ0) is 7.84. The summed E-state index contributed by atoms with van der Waals surface area (Å²) in [6.45, 7) is 0. The molecule has 2 heteroatoms. The molecule has 0 heterocycles. The molecule has 0 radical (unpaired) electrons. The maximum Gasteiger partial charge on any atom is 0.217 e. The highest BCUT2D eigenvalue weighted by molar-refractivity contribution is 5.74. The van der Waals surface area contributed by atoms with Crippen molar-refractivity contribution < 1.29 is 4.79 Å². The van der Waals surface area contributed by atoms with Crippen LogP contribution in [0, 0.1) is 17.8 Å². The second-order valence-electron chi connectivity index (χ2n) is 4.11. The normalized spacial score (nSPS) is 41.3. The van der Waals surface area contributed by atoms with Gasteiger partial charge in [0.1, 0.15) is 0 Å². The standard InChI is InChI=1S/C9H15NO/c10-9(11)5-8-4-6-1-2-7(8)3-6/h6-8H,1-5H2,(H2,10,11)/t6-,7-,8+/m0/s1. The minimum atomic E-state index is -0.109. The molecule has 2 fully saturated rings. The van der Waals surface area contributed by atoms with Crippen molar-refractivity contribution in [3.05, 3.63) is 0 Å². The summed E-state index contributed by atoms with van der Waals surface area (Å²) in [6.07, 6.45) is 6.04. The topological polar surface area (TPSA) is 43.1 Å². The average molecular weight is 153 g/mol. The summed E-state index contributed by atoms with van der Waals surface area (Å²) in [5.74, 6) is 2.31. The van der Waals surface area contributed by atoms with Crippen molar-refractivity contribution in [3.63, 3.8) is 0 Å². The van der Waals surface area contributed by atoms with Crippen LogP contribution in [0.3, 0.4) is 0 Å². The number of hydrogen-bond donors (Lipinski definition) is 1. The van der Waals surface area contributed by atoms with Gasteiger partial charge in [-0.05, 0) is 37.0 Å². The third kappa shape index (κ3) is 1.26. The number of carbonyl (C=O) groups excluding carboxylic acids is 1. The Hall–Kier alpha value is -0.530. The summed E-state index contributed by atoms with van der Waals surface area (Å²) in [6, 6.07) is 0. The van der Waals surface area contributed by atoms with Crippen molar-refractivity contribution in [3.8, 4) is 0 Å². The molecule has 2 nitrogen and oxygen atoms in total. The monoisotopic (exact) mass is 153 g/mol. The van der Waals surface area contributed by atoms with Crippen LogP contribution >= 0.6 is 0 Å². The Morgan fingerprint density at radius 3 is 2.64 bits per heavy atom. The van der Waals surface area contributed by atoms with E-state index in [0.717, 1.165) is 11.8 Å². The van der Waals surface area contributed by atoms with Gasteiger partial charge in [0, 0.05) is 6.42 Å². The van der Waals surface area contributed by atoms with Crippen LogP contribution in [0.2, 0.25) is 0 Å². The quantitative estimate of drug-likeness (QED) is 0.638. The minimum Gasteiger partial charge on any atom is -0.370 e. The van der Waals surface area contributed by atoms with Gasteiger partial charge in [-0.1, -0.05) is 6.42 Å². The Morgan fingerprint density at radius 2 is 2.18 bits per heavy atom. The summed E-state index contributed by atoms with van der Waals surface area (Å²) < 4.78 is 0. The van der Waals surface area contributed by atoms with Crippen LogP contribution in [0.5, 0.6) is 0 Å². The first-order valence-corrected chi connectivity index (χ1v) is 4.54. The zero-order valence-electron chi connectivity index (χ0n) is 6.75. The first kappa shape index (κ1) is 7.14. The van der Waals surface area contributed by atoms with Crippen LogP contribution in [0.4, 0.5) is 0 Å². The number of amides is 1. The van der Waals surface area contributed by atoms with Gasteiger partial charge in [-0.25, -0.2) is 0 Å². The first-order valence-electron chi connectivity index (χ1n) is 4.54. The average Bonchev–Trinajstić information content (AvgIpc) is 2.45. The van der Waals surface area contributed by atoms with Gasteiger partial charge in [0.15, 0.2) is 0 Å². The summed E-state index contributed by atoms with van der Waals surface area (Å²) >= 11 is 0. The van der Waals surface area contributed by atoms with Gasteiger partial charge in [-0.15, -0.1) is 0 Å². The highest BCUT2D eigenvalue weighted by atomic mass is 16.1. The molecule has 3 atom stereocenters. The van der Waals surface area contributed by atoms with Crippen molar-refractivity contribution in [2.24, 2.45) is 23.5 Å². The van der Waals surface area contributed by atoms with Crippen molar-refractivity contribution in [2.75, 3.05) is 0 Å². The van der Waals surface area contributed by atoms with Crippen molar-refractivity contribution in [1.82, 2.24) is 0 Å². The Labute approximate surface area is 67.1 Å². The van der Waals surface area contributed by atoms with Gasteiger partial charge in [-0.3, -0.25) is 4.79 Å². The molecule has 2 rings (SSSR count). The lowest BCUT2D eigenvalue weighted by Gasteiger charge is -2.19. The molecule has 2 aliphatic carbocycles. The van der Waals surface area contributed by atoms with Crippen LogP contribution in [-0.4, -0.2) is 5.91 Å². The largest absolute Gasteiger partial charge is 0.370 e. The van der Waals surface area contributed by atoms with Gasteiger partial charge in [0.2, 0.25) is 5.91 Å². The number of nitrogens with two attached hydrogens (primary N) is 1. The second-order valence-corrected chi connectivity index (χ2v) is 4.11. The van der Waals surface area contributed by atoms with E-state index in [0.29, 0.717) is 12.3 Å². The van der Waals surface area contributed by atoms with Crippen LogP contribution in [-0.2, 0) is 4.79 Å². The highest BCUT2D eigenvalue weighted by Crippen LogP contribution is 2.49. The molecule has 11 heavy (non-hydrogen) atoms. The van der Waals surface area contributed by atoms with E-state index in [1.807, 2.05) is 0 Å². The summed E-state index contributed by atoms with van der Waals surface area (Å²) in [7, 11) is 0. The molecular weight excluding hydrogens is 138 g/mol. The Morgan fingerprint density at radius 1 is 1.36 bits per heavy atom. The summed E-state index contributed by atoms with van der Waals surface area (Å²) in [4.78, 5) is 10.7. The van der Waals surface area contributed by atoms with E-state index in [9.17, 15) is 4.79 Å². The lowest BCUT2D eigenvalue weighted by Crippen LogP contribution is -2.20. The molecule has 62 valence electrons. The molecule has 2 aliphatic rings. The second kappa shape index (κ2) is 2.50. The van der Waals surface area contributed by atoms with E-state index in [2.05, 4.69) is 0 Å². The summed E-state index contributed by atoms with van der Waals surface area (Å²) in [5.41, 5.74) is 5.17. The van der Waals surface area contributed by atoms with Gasteiger partial charge in [-0.2, -0.15) is 0 Å². The molecule has 0 aromatic heterocycles. The molecule has 2 saturated carbocycles. The van der Waals surface area contributed by atoms with Gasteiger partial charge < -0.3 is 5.73 Å². The first-order chi connectivity index (χ1) is 5.25. The van der Waals surface area contributed by atoms with E-state index >= 15 is 0 Å². The molecule has 2 bridgehead atoms. The van der Waals surface area contributed by atoms with Crippen molar-refractivity contribution >= 4 is 5.91 Å². The van der Waals surface area contributed by atoms with Gasteiger partial charge >= 0.3 is 0 Å². The molecule has 0 saturated heterocycles. The van der Waals surface area contributed by atoms with Gasteiger partial charge in [0.25, 0.3) is 0 Å². The van der Waals surface area contributed by atoms with E-state index in [1.165, 1.54) is 25.7 Å². The molecule has 1 amide bonds. The molecular formula is C9H15NO. The fraction of sp³-hybridized carbons (Fsp3) is 0.889. The van der Waals surface area contributed by atoms with Gasteiger partial charge in [0.05, 0.1) is 0 Å². The number of hydrogen-bond acceptors (Lipinski definition) is 1. The molecule has 0 aliphatic heterocycles. The zero-order valence-corrected chi connectivity index (χ0v) is 6.75. The third-order valence-corrected chi connectivity index (χ3v) is 3.35. The van der Waals surface area contributed by atoms with E-state index in [-0.39, 0.29) is 5.91 Å². The van der Waals surface area contributed by atoms with Crippen LogP contribution in [0.25, 0.3) is 0 Å². The molecule has 0 aromatic carbocycles. The third-order valence-electron chi connectivity index (χ3n) is 3.35. The number of fused-ring (bicyclic) bond motifs is 2. The fourth-order valence-electron chi connectivity index (χ4n) is 2.88. The van der Waals surface area contributed by atoms with E-state index in [1.54, 1.807) is 0 Å². The van der Waals surface area contributed by atoms with E-state index < -0.39 is 0 Å². The summed E-state index contributed by atoms with van der Waals surface area (Å²) in [5, 5.41) is 0. The molecule has 0 spiro atoms. The fourth-order valence-corrected chi connectivity index (χ4v) is 2.88. The van der Waals surface area contributed by atoms with Crippen molar-refractivity contribution in [1.29, 1.82) is 0 Å². The maximum atomic E-state index is 10.7. The molecule has 2 N–H and O–H groups in total. The van der Waals surface area contributed by atoms with Crippen LogP contribution in [0.1, 0.15) is 32.1 Å². The Kier molecular flexibility index (Phi) is 1.63. The molecule has 0 aromatic rings. The Bertz CT molecular complexity index is 178. The SMILES string of the molecule is NC(=O)C[C@H]1C[C@H]2CC[C@H]1C2. The maximum absolute atomic E-state index is 10.7. The Balaban J connectivity index is 1.92. The van der Waals surface area contributed by atoms with Crippen molar-refractivity contribution in [2.45, 2.75) is 32.1 Å². The van der Waals surface area contributed by atoms with Crippen LogP contribution in [0.15, 0.2) is 0 Å². The number of rotatable bonds is 2. The number of primary amides is 1. The smallest absolute Gasteiger partial charge is 0.217 e. The lowest BCUT2D eigenvalue weighted by atomic mass is 9.86. The van der Waals surface area contributed by atoms with Crippen LogP contribution < -0.4 is 5.73 Å². The highest BCUT2D eigenvalue weighted by Gasteiger charge is 2.39. The lowest BCUT2D eigenvalue weighted by molar-refractivity contribution is -0.119.